The quantitative estimate of drug-likeness (QED) is 0.857. The Morgan fingerprint density at radius 2 is 1.56 bits per heavy atom. The molecule has 1 amide bonds. The van der Waals surface area contributed by atoms with Crippen LogP contribution in [0.5, 0.6) is 0 Å². The van der Waals surface area contributed by atoms with Gasteiger partial charge in [-0.05, 0) is 37.6 Å². The number of hydrogen-bond acceptors (Lipinski definition) is 3. The molecular weight excluding hydrogens is 310 g/mol. The minimum absolute atomic E-state index is 0.107. The van der Waals surface area contributed by atoms with E-state index in [-0.39, 0.29) is 11.9 Å². The van der Waals surface area contributed by atoms with Crippen LogP contribution in [-0.4, -0.2) is 50.1 Å². The third-order valence-corrected chi connectivity index (χ3v) is 5.15. The van der Waals surface area contributed by atoms with Gasteiger partial charge in [0.2, 0.25) is 5.91 Å². The molecule has 0 aromatic heterocycles. The molecule has 4 heteroatoms. The van der Waals surface area contributed by atoms with Crippen LogP contribution in [0.2, 0.25) is 0 Å². The van der Waals surface area contributed by atoms with Crippen LogP contribution < -0.4 is 9.80 Å². The molecule has 0 saturated carbocycles. The van der Waals surface area contributed by atoms with E-state index in [1.807, 2.05) is 44.3 Å². The zero-order valence-corrected chi connectivity index (χ0v) is 15.4. The van der Waals surface area contributed by atoms with Crippen LogP contribution in [0, 0.1) is 6.92 Å². The molecule has 1 fully saturated rings. The van der Waals surface area contributed by atoms with Crippen molar-refractivity contribution in [3.05, 3.63) is 60.2 Å². The molecule has 0 spiro atoms. The number of hydrogen-bond donors (Lipinski definition) is 0. The molecule has 4 nitrogen and oxygen atoms in total. The van der Waals surface area contributed by atoms with Crippen LogP contribution in [0.3, 0.4) is 0 Å². The van der Waals surface area contributed by atoms with Crippen molar-refractivity contribution >= 4 is 17.3 Å². The van der Waals surface area contributed by atoms with Crippen LogP contribution in [0.25, 0.3) is 0 Å². The van der Waals surface area contributed by atoms with Crippen molar-refractivity contribution in [3.8, 4) is 0 Å². The Hall–Kier alpha value is -2.33. The predicted molar refractivity (Wildman–Crippen MR) is 104 cm³/mol. The van der Waals surface area contributed by atoms with Gasteiger partial charge < -0.3 is 9.80 Å². The maximum Gasteiger partial charge on any atom is 0.243 e. The number of para-hydroxylation sites is 2. The summed E-state index contributed by atoms with van der Waals surface area (Å²) >= 11 is 0. The third kappa shape index (κ3) is 3.85. The summed E-state index contributed by atoms with van der Waals surface area (Å²) < 4.78 is 0. The molecule has 0 bridgehead atoms. The second-order valence-corrected chi connectivity index (χ2v) is 6.72. The lowest BCUT2D eigenvalue weighted by Crippen LogP contribution is -2.54. The minimum Gasteiger partial charge on any atom is -0.369 e. The largest absolute Gasteiger partial charge is 0.369 e. The number of amides is 1. The number of aryl methyl sites for hydroxylation is 1. The highest BCUT2D eigenvalue weighted by atomic mass is 16.2. The number of likely N-dealkylation sites (N-methyl/N-ethyl adjacent to an activating group) is 1. The van der Waals surface area contributed by atoms with E-state index in [4.69, 9.17) is 0 Å². The molecule has 1 heterocycles. The van der Waals surface area contributed by atoms with Crippen molar-refractivity contribution in [2.24, 2.45) is 0 Å². The van der Waals surface area contributed by atoms with E-state index in [0.29, 0.717) is 0 Å². The first-order chi connectivity index (χ1) is 12.1. The van der Waals surface area contributed by atoms with Crippen molar-refractivity contribution in [2.75, 3.05) is 43.0 Å². The summed E-state index contributed by atoms with van der Waals surface area (Å²) in [6, 6.07) is 18.2. The molecule has 0 N–H and O–H groups in total. The number of benzene rings is 2. The summed E-state index contributed by atoms with van der Waals surface area (Å²) in [6.45, 7) is 7.90. The average Bonchev–Trinajstić information content (AvgIpc) is 2.67. The van der Waals surface area contributed by atoms with Crippen LogP contribution in [0.1, 0.15) is 12.5 Å². The maximum absolute atomic E-state index is 12.8. The Labute approximate surface area is 150 Å². The second-order valence-electron chi connectivity index (χ2n) is 6.72. The van der Waals surface area contributed by atoms with Gasteiger partial charge in [0.15, 0.2) is 0 Å². The fourth-order valence-corrected chi connectivity index (χ4v) is 3.48. The monoisotopic (exact) mass is 337 g/mol. The van der Waals surface area contributed by atoms with Crippen molar-refractivity contribution < 1.29 is 4.79 Å². The van der Waals surface area contributed by atoms with Crippen molar-refractivity contribution in [2.45, 2.75) is 19.9 Å². The van der Waals surface area contributed by atoms with E-state index in [1.165, 1.54) is 11.3 Å². The zero-order valence-electron chi connectivity index (χ0n) is 15.4. The Morgan fingerprint density at radius 3 is 2.20 bits per heavy atom. The normalized spacial score (nSPS) is 16.5. The highest BCUT2D eigenvalue weighted by molar-refractivity contribution is 5.96. The van der Waals surface area contributed by atoms with Crippen LogP contribution in [-0.2, 0) is 4.79 Å². The standard InChI is InChI=1S/C21H27N3O/c1-17-9-7-8-12-20(17)24-15-13-23(14-16-24)18(2)21(25)22(3)19-10-5-4-6-11-19/h4-12,18H,13-16H2,1-3H3/t18-/m1/s1. The van der Waals surface area contributed by atoms with Gasteiger partial charge in [-0.15, -0.1) is 0 Å². The zero-order chi connectivity index (χ0) is 17.8. The molecule has 1 aliphatic rings. The summed E-state index contributed by atoms with van der Waals surface area (Å²) in [5.41, 5.74) is 3.56. The topological polar surface area (TPSA) is 26.8 Å². The summed E-state index contributed by atoms with van der Waals surface area (Å²) in [5, 5.41) is 0. The number of anilines is 2. The second kappa shape index (κ2) is 7.70. The maximum atomic E-state index is 12.8. The molecule has 0 aliphatic carbocycles. The Bertz CT molecular complexity index is 708. The van der Waals surface area contributed by atoms with Gasteiger partial charge in [-0.3, -0.25) is 9.69 Å². The molecule has 1 atom stereocenters. The highest BCUT2D eigenvalue weighted by Crippen LogP contribution is 2.22. The summed E-state index contributed by atoms with van der Waals surface area (Å²) in [4.78, 5) is 19.3. The SMILES string of the molecule is Cc1ccccc1N1CCN([C@H](C)C(=O)N(C)c2ccccc2)CC1. The molecule has 2 aromatic carbocycles. The van der Waals surface area contributed by atoms with E-state index in [1.54, 1.807) is 4.90 Å². The Morgan fingerprint density at radius 1 is 0.960 bits per heavy atom. The number of carbonyl (C=O) groups is 1. The van der Waals surface area contributed by atoms with E-state index in [2.05, 4.69) is 41.0 Å². The molecule has 0 unspecified atom stereocenters. The van der Waals surface area contributed by atoms with Crippen LogP contribution in [0.15, 0.2) is 54.6 Å². The fourth-order valence-electron chi connectivity index (χ4n) is 3.48. The molecular formula is C21H27N3O. The lowest BCUT2D eigenvalue weighted by Gasteiger charge is -2.39. The van der Waals surface area contributed by atoms with Crippen molar-refractivity contribution in [1.82, 2.24) is 4.90 Å². The number of nitrogens with zero attached hydrogens (tertiary/aromatic N) is 3. The molecule has 132 valence electrons. The first-order valence-corrected chi connectivity index (χ1v) is 8.95. The lowest BCUT2D eigenvalue weighted by atomic mass is 10.1. The van der Waals surface area contributed by atoms with Gasteiger partial charge in [0, 0.05) is 44.6 Å². The first kappa shape index (κ1) is 17.5. The summed E-state index contributed by atoms with van der Waals surface area (Å²) in [7, 11) is 1.86. The molecule has 2 aromatic rings. The van der Waals surface area contributed by atoms with Crippen molar-refractivity contribution in [1.29, 1.82) is 0 Å². The van der Waals surface area contributed by atoms with Gasteiger partial charge in [0.1, 0.15) is 0 Å². The van der Waals surface area contributed by atoms with E-state index in [9.17, 15) is 4.79 Å². The number of carbonyl (C=O) groups excluding carboxylic acids is 1. The van der Waals surface area contributed by atoms with Gasteiger partial charge in [-0.25, -0.2) is 0 Å². The van der Waals surface area contributed by atoms with Gasteiger partial charge in [-0.1, -0.05) is 36.4 Å². The molecule has 0 radical (unpaired) electrons. The Kier molecular flexibility index (Phi) is 5.39. The highest BCUT2D eigenvalue weighted by Gasteiger charge is 2.28. The van der Waals surface area contributed by atoms with Crippen LogP contribution in [0.4, 0.5) is 11.4 Å². The predicted octanol–water partition coefficient (Wildman–Crippen LogP) is 3.17. The lowest BCUT2D eigenvalue weighted by molar-refractivity contribution is -0.123. The molecule has 1 aliphatic heterocycles. The van der Waals surface area contributed by atoms with E-state index >= 15 is 0 Å². The smallest absolute Gasteiger partial charge is 0.243 e. The van der Waals surface area contributed by atoms with Gasteiger partial charge in [0.25, 0.3) is 0 Å². The average molecular weight is 337 g/mol. The Balaban J connectivity index is 1.61. The fraction of sp³-hybridized carbons (Fsp3) is 0.381. The van der Waals surface area contributed by atoms with Crippen LogP contribution >= 0.6 is 0 Å². The number of rotatable bonds is 4. The molecule has 25 heavy (non-hydrogen) atoms. The van der Waals surface area contributed by atoms with E-state index in [0.717, 1.165) is 31.9 Å². The molecule has 3 rings (SSSR count). The summed E-state index contributed by atoms with van der Waals surface area (Å²) in [6.07, 6.45) is 0. The first-order valence-electron chi connectivity index (χ1n) is 8.95. The number of piperazine rings is 1. The summed E-state index contributed by atoms with van der Waals surface area (Å²) in [5.74, 6) is 0.149. The third-order valence-electron chi connectivity index (χ3n) is 5.15. The van der Waals surface area contributed by atoms with Gasteiger partial charge in [0.05, 0.1) is 6.04 Å². The van der Waals surface area contributed by atoms with Gasteiger partial charge >= 0.3 is 0 Å². The van der Waals surface area contributed by atoms with Crippen molar-refractivity contribution in [3.63, 3.8) is 0 Å². The minimum atomic E-state index is -0.107. The van der Waals surface area contributed by atoms with Gasteiger partial charge in [-0.2, -0.15) is 0 Å². The molecule has 1 saturated heterocycles. The van der Waals surface area contributed by atoms with E-state index < -0.39 is 0 Å².